The van der Waals surface area contributed by atoms with Crippen molar-refractivity contribution in [1.82, 2.24) is 14.5 Å². The summed E-state index contributed by atoms with van der Waals surface area (Å²) < 4.78 is 39.1. The third-order valence-corrected chi connectivity index (χ3v) is 2.89. The van der Waals surface area contributed by atoms with Gasteiger partial charge < -0.3 is 9.67 Å². The first kappa shape index (κ1) is 13.4. The Morgan fingerprint density at radius 1 is 1.44 bits per heavy atom. The Kier molecular flexibility index (Phi) is 3.91. The van der Waals surface area contributed by atoms with E-state index in [0.29, 0.717) is 6.04 Å². The topological polar surface area (TPSA) is 41.3 Å². The Balaban J connectivity index is 2.00. The molecule has 0 spiro atoms. The first-order valence-electron chi connectivity index (χ1n) is 5.90. The smallest absolute Gasteiger partial charge is 0.395 e. The molecule has 2 rings (SSSR count). The second-order valence-electron chi connectivity index (χ2n) is 4.57. The quantitative estimate of drug-likeness (QED) is 0.847. The van der Waals surface area contributed by atoms with E-state index in [0.717, 1.165) is 18.5 Å². The Hall–Kier alpha value is -1.08. The van der Waals surface area contributed by atoms with Gasteiger partial charge in [0, 0.05) is 25.3 Å². The average molecular weight is 263 g/mol. The minimum atomic E-state index is -4.25. The lowest BCUT2D eigenvalue weighted by molar-refractivity contribution is -0.148. The highest BCUT2D eigenvalue weighted by atomic mass is 19.4. The highest BCUT2D eigenvalue weighted by Gasteiger charge is 2.31. The molecule has 1 fully saturated rings. The van der Waals surface area contributed by atoms with Gasteiger partial charge in [-0.3, -0.25) is 4.90 Å². The predicted octanol–water partition coefficient (Wildman–Crippen LogP) is 1.57. The highest BCUT2D eigenvalue weighted by molar-refractivity contribution is 5.03. The molecule has 0 atom stereocenters. The van der Waals surface area contributed by atoms with Crippen LogP contribution in [0.2, 0.25) is 0 Å². The Morgan fingerprint density at radius 3 is 2.72 bits per heavy atom. The maximum absolute atomic E-state index is 12.4. The summed E-state index contributed by atoms with van der Waals surface area (Å²) in [5, 5.41) is 8.82. The van der Waals surface area contributed by atoms with Gasteiger partial charge in [-0.25, -0.2) is 4.98 Å². The number of hydrogen-bond donors (Lipinski definition) is 1. The van der Waals surface area contributed by atoms with Crippen LogP contribution in [0.4, 0.5) is 13.2 Å². The second-order valence-corrected chi connectivity index (χ2v) is 4.57. The summed E-state index contributed by atoms with van der Waals surface area (Å²) in [6, 6.07) is 0.393. The summed E-state index contributed by atoms with van der Waals surface area (Å²) >= 11 is 0. The van der Waals surface area contributed by atoms with Crippen molar-refractivity contribution >= 4 is 0 Å². The summed E-state index contributed by atoms with van der Waals surface area (Å²) in [5.41, 5.74) is 0.773. The molecule has 1 aliphatic carbocycles. The van der Waals surface area contributed by atoms with Gasteiger partial charge in [0.15, 0.2) is 0 Å². The molecule has 7 heteroatoms. The van der Waals surface area contributed by atoms with Crippen molar-refractivity contribution in [1.29, 1.82) is 0 Å². The van der Waals surface area contributed by atoms with E-state index >= 15 is 0 Å². The standard InChI is InChI=1S/C11H16F3N3O/c12-11(13,14)7-16(3-4-18)6-10-5-15-8-17(10)9-1-2-9/h5,8-9,18H,1-4,6-7H2. The first-order chi connectivity index (χ1) is 8.49. The summed E-state index contributed by atoms with van der Waals surface area (Å²) in [6.07, 6.45) is 1.13. The minimum absolute atomic E-state index is 0.00928. The summed E-state index contributed by atoms with van der Waals surface area (Å²) in [5.74, 6) is 0. The van der Waals surface area contributed by atoms with Crippen molar-refractivity contribution in [2.24, 2.45) is 0 Å². The Morgan fingerprint density at radius 2 is 2.17 bits per heavy atom. The molecule has 1 heterocycles. The predicted molar refractivity (Wildman–Crippen MR) is 58.9 cm³/mol. The molecule has 0 saturated heterocycles. The fraction of sp³-hybridized carbons (Fsp3) is 0.727. The highest BCUT2D eigenvalue weighted by Crippen LogP contribution is 2.35. The maximum atomic E-state index is 12.4. The lowest BCUT2D eigenvalue weighted by Gasteiger charge is -2.23. The van der Waals surface area contributed by atoms with Gasteiger partial charge in [-0.15, -0.1) is 0 Å². The van der Waals surface area contributed by atoms with E-state index < -0.39 is 12.7 Å². The molecular weight excluding hydrogens is 247 g/mol. The van der Waals surface area contributed by atoms with Crippen LogP contribution in [0.1, 0.15) is 24.6 Å². The molecule has 1 aromatic rings. The number of alkyl halides is 3. The molecule has 0 amide bonds. The van der Waals surface area contributed by atoms with Crippen molar-refractivity contribution in [3.8, 4) is 0 Å². The fourth-order valence-corrected chi connectivity index (χ4v) is 1.97. The zero-order valence-corrected chi connectivity index (χ0v) is 9.90. The lowest BCUT2D eigenvalue weighted by atomic mass is 10.3. The zero-order chi connectivity index (χ0) is 13.2. The van der Waals surface area contributed by atoms with Crippen LogP contribution in [-0.4, -0.2) is 45.4 Å². The van der Waals surface area contributed by atoms with Gasteiger partial charge in [0.05, 0.1) is 25.2 Å². The van der Waals surface area contributed by atoms with E-state index in [2.05, 4.69) is 4.98 Å². The van der Waals surface area contributed by atoms with E-state index in [1.54, 1.807) is 12.5 Å². The molecule has 0 aromatic carbocycles. The SMILES string of the molecule is OCCN(Cc1cncn1C1CC1)CC(F)(F)F. The summed E-state index contributed by atoms with van der Waals surface area (Å²) in [4.78, 5) is 5.18. The Labute approximate surface area is 103 Å². The number of aliphatic hydroxyl groups excluding tert-OH is 1. The number of rotatable bonds is 6. The number of hydrogen-bond acceptors (Lipinski definition) is 3. The van der Waals surface area contributed by atoms with Gasteiger partial charge in [-0.1, -0.05) is 0 Å². The molecule has 1 aliphatic rings. The third-order valence-electron chi connectivity index (χ3n) is 2.89. The van der Waals surface area contributed by atoms with Gasteiger partial charge >= 0.3 is 6.18 Å². The molecule has 1 N–H and O–H groups in total. The van der Waals surface area contributed by atoms with Gasteiger partial charge in [0.25, 0.3) is 0 Å². The number of imidazole rings is 1. The van der Waals surface area contributed by atoms with E-state index in [1.807, 2.05) is 4.57 Å². The van der Waals surface area contributed by atoms with Crippen LogP contribution in [0.25, 0.3) is 0 Å². The Bertz CT molecular complexity index is 387. The molecule has 1 aromatic heterocycles. The number of halogens is 3. The largest absolute Gasteiger partial charge is 0.401 e. The minimum Gasteiger partial charge on any atom is -0.395 e. The van der Waals surface area contributed by atoms with Crippen LogP contribution >= 0.6 is 0 Å². The van der Waals surface area contributed by atoms with Crippen LogP contribution < -0.4 is 0 Å². The van der Waals surface area contributed by atoms with Crippen LogP contribution in [-0.2, 0) is 6.54 Å². The summed E-state index contributed by atoms with van der Waals surface area (Å²) in [6.45, 7) is -1.12. The normalized spacial score (nSPS) is 16.5. The maximum Gasteiger partial charge on any atom is 0.401 e. The van der Waals surface area contributed by atoms with Gasteiger partial charge in [0.2, 0.25) is 0 Å². The molecule has 102 valence electrons. The van der Waals surface area contributed by atoms with Crippen molar-refractivity contribution in [2.75, 3.05) is 19.7 Å². The van der Waals surface area contributed by atoms with E-state index in [-0.39, 0.29) is 19.7 Å². The lowest BCUT2D eigenvalue weighted by Crippen LogP contribution is -2.36. The van der Waals surface area contributed by atoms with E-state index in [9.17, 15) is 13.2 Å². The number of aliphatic hydroxyl groups is 1. The van der Waals surface area contributed by atoms with Crippen LogP contribution in [0.3, 0.4) is 0 Å². The van der Waals surface area contributed by atoms with Crippen molar-refractivity contribution in [3.05, 3.63) is 18.2 Å². The zero-order valence-electron chi connectivity index (χ0n) is 9.90. The van der Waals surface area contributed by atoms with Crippen molar-refractivity contribution < 1.29 is 18.3 Å². The number of nitrogens with zero attached hydrogens (tertiary/aromatic N) is 3. The van der Waals surface area contributed by atoms with Crippen molar-refractivity contribution in [2.45, 2.75) is 31.6 Å². The molecular formula is C11H16F3N3O. The monoisotopic (exact) mass is 263 g/mol. The van der Waals surface area contributed by atoms with Crippen LogP contribution in [0.15, 0.2) is 12.5 Å². The van der Waals surface area contributed by atoms with Gasteiger partial charge in [-0.2, -0.15) is 13.2 Å². The van der Waals surface area contributed by atoms with Crippen LogP contribution in [0, 0.1) is 0 Å². The molecule has 0 radical (unpaired) electrons. The molecule has 0 bridgehead atoms. The molecule has 4 nitrogen and oxygen atoms in total. The first-order valence-corrected chi connectivity index (χ1v) is 5.90. The molecule has 0 aliphatic heterocycles. The fourth-order valence-electron chi connectivity index (χ4n) is 1.97. The molecule has 0 unspecified atom stereocenters. The third kappa shape index (κ3) is 3.71. The number of aromatic nitrogens is 2. The van der Waals surface area contributed by atoms with Gasteiger partial charge in [0.1, 0.15) is 0 Å². The average Bonchev–Trinajstić information content (AvgIpc) is 2.98. The van der Waals surface area contributed by atoms with Crippen LogP contribution in [0.5, 0.6) is 0 Å². The summed E-state index contributed by atoms with van der Waals surface area (Å²) in [7, 11) is 0. The van der Waals surface area contributed by atoms with E-state index in [4.69, 9.17) is 5.11 Å². The molecule has 18 heavy (non-hydrogen) atoms. The second kappa shape index (κ2) is 5.27. The van der Waals surface area contributed by atoms with Crippen molar-refractivity contribution in [3.63, 3.8) is 0 Å². The molecule has 1 saturated carbocycles. The van der Waals surface area contributed by atoms with E-state index in [1.165, 1.54) is 4.90 Å². The van der Waals surface area contributed by atoms with Gasteiger partial charge in [-0.05, 0) is 12.8 Å².